The van der Waals surface area contributed by atoms with Gasteiger partial charge in [-0.3, -0.25) is 4.79 Å². The van der Waals surface area contributed by atoms with Gasteiger partial charge >= 0.3 is 5.97 Å². The Bertz CT molecular complexity index is 535. The number of aromatic nitrogens is 1. The van der Waals surface area contributed by atoms with Gasteiger partial charge in [-0.15, -0.1) is 0 Å². The van der Waals surface area contributed by atoms with Gasteiger partial charge in [0.1, 0.15) is 11.7 Å². The van der Waals surface area contributed by atoms with Crippen molar-refractivity contribution in [2.75, 3.05) is 6.54 Å². The fraction of sp³-hybridized carbons (Fsp3) is 0.571. The number of aliphatic carboxylic acids is 1. The molecule has 6 nitrogen and oxygen atoms in total. The normalized spacial score (nSPS) is 26.6. The van der Waals surface area contributed by atoms with Gasteiger partial charge in [0.05, 0.1) is 6.10 Å². The van der Waals surface area contributed by atoms with Crippen LogP contribution >= 0.6 is 0 Å². The smallest absolute Gasteiger partial charge is 0.326 e. The third kappa shape index (κ3) is 2.10. The SMILES string of the molecule is O=C(O)[C@@H]1C[C@@H](O)CN1C(=O)c1cccn1C1CCC1. The van der Waals surface area contributed by atoms with Crippen molar-refractivity contribution in [1.82, 2.24) is 9.47 Å². The molecule has 108 valence electrons. The Hall–Kier alpha value is -1.82. The van der Waals surface area contributed by atoms with Crippen LogP contribution in [0.3, 0.4) is 0 Å². The van der Waals surface area contributed by atoms with Crippen molar-refractivity contribution in [3.05, 3.63) is 24.0 Å². The number of hydrogen-bond acceptors (Lipinski definition) is 3. The molecule has 2 heterocycles. The number of aliphatic hydroxyl groups excluding tert-OH is 1. The molecule has 0 spiro atoms. The average molecular weight is 278 g/mol. The second-order valence-electron chi connectivity index (χ2n) is 5.59. The molecule has 0 unspecified atom stereocenters. The van der Waals surface area contributed by atoms with Crippen LogP contribution in [-0.4, -0.2) is 50.2 Å². The number of carbonyl (C=O) groups is 2. The highest BCUT2D eigenvalue weighted by molar-refractivity contribution is 5.96. The highest BCUT2D eigenvalue weighted by Crippen LogP contribution is 2.33. The maximum Gasteiger partial charge on any atom is 0.326 e. The van der Waals surface area contributed by atoms with Crippen molar-refractivity contribution in [2.24, 2.45) is 0 Å². The van der Waals surface area contributed by atoms with Gasteiger partial charge in [-0.05, 0) is 31.4 Å². The van der Waals surface area contributed by atoms with E-state index in [9.17, 15) is 19.8 Å². The van der Waals surface area contributed by atoms with Crippen LogP contribution in [0.4, 0.5) is 0 Å². The summed E-state index contributed by atoms with van der Waals surface area (Å²) in [4.78, 5) is 25.0. The molecule has 1 aromatic rings. The monoisotopic (exact) mass is 278 g/mol. The molecule has 2 aliphatic rings. The molecule has 3 rings (SSSR count). The molecule has 1 aliphatic heterocycles. The summed E-state index contributed by atoms with van der Waals surface area (Å²) in [5.41, 5.74) is 0.523. The number of likely N-dealkylation sites (tertiary alicyclic amines) is 1. The van der Waals surface area contributed by atoms with Crippen molar-refractivity contribution in [3.63, 3.8) is 0 Å². The number of rotatable bonds is 3. The molecule has 2 fully saturated rings. The Kier molecular flexibility index (Phi) is 3.25. The molecule has 1 aromatic heterocycles. The number of aliphatic hydroxyl groups is 1. The molecular formula is C14H18N2O4. The van der Waals surface area contributed by atoms with Gasteiger partial charge in [-0.1, -0.05) is 0 Å². The van der Waals surface area contributed by atoms with E-state index in [1.54, 1.807) is 6.07 Å². The lowest BCUT2D eigenvalue weighted by Gasteiger charge is -2.30. The third-order valence-corrected chi connectivity index (χ3v) is 4.29. The van der Waals surface area contributed by atoms with E-state index in [1.807, 2.05) is 16.8 Å². The van der Waals surface area contributed by atoms with E-state index in [4.69, 9.17) is 0 Å². The standard InChI is InChI=1S/C14H18N2O4/c17-10-7-12(14(19)20)16(8-10)13(18)11-5-2-6-15(11)9-3-1-4-9/h2,5-6,9-10,12,17H,1,3-4,7-8H2,(H,19,20)/t10-,12+/m1/s1. The zero-order chi connectivity index (χ0) is 14.3. The topological polar surface area (TPSA) is 82.8 Å². The second-order valence-corrected chi connectivity index (χ2v) is 5.59. The molecule has 0 radical (unpaired) electrons. The number of carbonyl (C=O) groups excluding carboxylic acids is 1. The first-order chi connectivity index (χ1) is 9.58. The van der Waals surface area contributed by atoms with Crippen molar-refractivity contribution in [2.45, 2.75) is 43.9 Å². The summed E-state index contributed by atoms with van der Waals surface area (Å²) in [6, 6.07) is 2.96. The molecule has 1 saturated heterocycles. The van der Waals surface area contributed by atoms with Crippen molar-refractivity contribution < 1.29 is 19.8 Å². The van der Waals surface area contributed by atoms with Crippen LogP contribution in [0, 0.1) is 0 Å². The number of carboxylic acid groups (broad SMARTS) is 1. The molecule has 2 atom stereocenters. The Morgan fingerprint density at radius 3 is 2.65 bits per heavy atom. The van der Waals surface area contributed by atoms with E-state index in [0.29, 0.717) is 11.7 Å². The van der Waals surface area contributed by atoms with Crippen LogP contribution in [0.15, 0.2) is 18.3 Å². The van der Waals surface area contributed by atoms with Gasteiger partial charge in [-0.25, -0.2) is 4.79 Å². The highest BCUT2D eigenvalue weighted by atomic mass is 16.4. The summed E-state index contributed by atoms with van der Waals surface area (Å²) in [5, 5.41) is 18.8. The maximum absolute atomic E-state index is 12.6. The lowest BCUT2D eigenvalue weighted by Crippen LogP contribution is -2.41. The number of nitrogens with zero attached hydrogens (tertiary/aromatic N) is 2. The highest BCUT2D eigenvalue weighted by Gasteiger charge is 2.40. The van der Waals surface area contributed by atoms with E-state index in [1.165, 1.54) is 4.90 Å². The first kappa shape index (κ1) is 13.2. The largest absolute Gasteiger partial charge is 0.480 e. The van der Waals surface area contributed by atoms with Gasteiger partial charge in [0.15, 0.2) is 0 Å². The van der Waals surface area contributed by atoms with Crippen molar-refractivity contribution in [3.8, 4) is 0 Å². The first-order valence-corrected chi connectivity index (χ1v) is 6.96. The summed E-state index contributed by atoms with van der Waals surface area (Å²) in [6.45, 7) is 0.0889. The van der Waals surface area contributed by atoms with Crippen LogP contribution in [0.1, 0.15) is 42.2 Å². The molecule has 0 bridgehead atoms. The fourth-order valence-corrected chi connectivity index (χ4v) is 2.98. The minimum Gasteiger partial charge on any atom is -0.480 e. The number of carboxylic acids is 1. The minimum absolute atomic E-state index is 0.0889. The predicted octanol–water partition coefficient (Wildman–Crippen LogP) is 0.873. The number of hydrogen-bond donors (Lipinski definition) is 2. The van der Waals surface area contributed by atoms with Crippen LogP contribution < -0.4 is 0 Å². The lowest BCUT2D eigenvalue weighted by atomic mass is 9.93. The van der Waals surface area contributed by atoms with Crippen LogP contribution in [0.2, 0.25) is 0 Å². The molecule has 6 heteroatoms. The number of β-amino-alcohol motifs (C(OH)–C–C–N with tert-alkyl or cyclic N) is 1. The Morgan fingerprint density at radius 2 is 2.05 bits per heavy atom. The summed E-state index contributed by atoms with van der Waals surface area (Å²) in [6.07, 6.45) is 4.49. The summed E-state index contributed by atoms with van der Waals surface area (Å²) < 4.78 is 1.94. The fourth-order valence-electron chi connectivity index (χ4n) is 2.98. The Morgan fingerprint density at radius 1 is 1.30 bits per heavy atom. The van der Waals surface area contributed by atoms with Gasteiger partial charge in [0.25, 0.3) is 5.91 Å². The Balaban J connectivity index is 1.85. The quantitative estimate of drug-likeness (QED) is 0.859. The summed E-state index contributed by atoms with van der Waals surface area (Å²) in [5.74, 6) is -1.36. The predicted molar refractivity (Wildman–Crippen MR) is 70.4 cm³/mol. The molecule has 0 aromatic carbocycles. The molecule has 1 saturated carbocycles. The van der Waals surface area contributed by atoms with Crippen LogP contribution in [-0.2, 0) is 4.79 Å². The first-order valence-electron chi connectivity index (χ1n) is 6.96. The van der Waals surface area contributed by atoms with Gasteiger partial charge in [0, 0.05) is 25.2 Å². The molecule has 20 heavy (non-hydrogen) atoms. The third-order valence-electron chi connectivity index (χ3n) is 4.29. The summed E-state index contributed by atoms with van der Waals surface area (Å²) in [7, 11) is 0. The molecular weight excluding hydrogens is 260 g/mol. The van der Waals surface area contributed by atoms with E-state index in [0.717, 1.165) is 19.3 Å². The van der Waals surface area contributed by atoms with Crippen LogP contribution in [0.25, 0.3) is 0 Å². The number of amides is 1. The maximum atomic E-state index is 12.6. The van der Waals surface area contributed by atoms with E-state index >= 15 is 0 Å². The van der Waals surface area contributed by atoms with E-state index in [-0.39, 0.29) is 18.9 Å². The molecule has 1 aliphatic carbocycles. The average Bonchev–Trinajstić information content (AvgIpc) is 2.93. The summed E-state index contributed by atoms with van der Waals surface area (Å²) >= 11 is 0. The van der Waals surface area contributed by atoms with Crippen molar-refractivity contribution >= 4 is 11.9 Å². The zero-order valence-corrected chi connectivity index (χ0v) is 11.1. The molecule has 2 N–H and O–H groups in total. The van der Waals surface area contributed by atoms with Gasteiger partial charge < -0.3 is 19.7 Å². The Labute approximate surface area is 116 Å². The second kappa shape index (κ2) is 4.94. The van der Waals surface area contributed by atoms with Crippen LogP contribution in [0.5, 0.6) is 0 Å². The molecule has 1 amide bonds. The van der Waals surface area contributed by atoms with Gasteiger partial charge in [0.2, 0.25) is 0 Å². The minimum atomic E-state index is -1.06. The van der Waals surface area contributed by atoms with E-state index in [2.05, 4.69) is 0 Å². The lowest BCUT2D eigenvalue weighted by molar-refractivity contribution is -0.141. The van der Waals surface area contributed by atoms with Crippen molar-refractivity contribution in [1.29, 1.82) is 0 Å². The van der Waals surface area contributed by atoms with E-state index < -0.39 is 18.1 Å². The van der Waals surface area contributed by atoms with Gasteiger partial charge in [-0.2, -0.15) is 0 Å². The zero-order valence-electron chi connectivity index (χ0n) is 11.1.